The summed E-state index contributed by atoms with van der Waals surface area (Å²) in [4.78, 5) is 31.8. The lowest BCUT2D eigenvalue weighted by Gasteiger charge is -2.40. The van der Waals surface area contributed by atoms with E-state index >= 15 is 0 Å². The number of hydrogen-bond donors (Lipinski definition) is 1. The second kappa shape index (κ2) is 11.0. The highest BCUT2D eigenvalue weighted by atomic mass is 16.6. The Morgan fingerprint density at radius 3 is 2.48 bits per heavy atom. The van der Waals surface area contributed by atoms with Crippen LogP contribution in [0.15, 0.2) is 53.3 Å². The number of nitrogens with zero attached hydrogens (tertiary/aromatic N) is 7. The Kier molecular flexibility index (Phi) is 7.16. The van der Waals surface area contributed by atoms with Crippen molar-refractivity contribution < 1.29 is 9.66 Å². The fourth-order valence-corrected chi connectivity index (χ4v) is 6.02. The topological polar surface area (TPSA) is 135 Å². The molecule has 3 heterocycles. The molecule has 0 radical (unpaired) electrons. The molecule has 2 aliphatic rings. The molecule has 208 valence electrons. The Morgan fingerprint density at radius 2 is 1.77 bits per heavy atom. The van der Waals surface area contributed by atoms with Gasteiger partial charge < -0.3 is 14.6 Å². The Morgan fingerprint density at radius 1 is 1.02 bits per heavy atom. The number of nitro groups is 1. The molecule has 1 atom stereocenters. The quantitative estimate of drug-likeness (QED) is 0.272. The molecule has 0 bridgehead atoms. The zero-order valence-electron chi connectivity index (χ0n) is 22.4. The highest BCUT2D eigenvalue weighted by Gasteiger charge is 2.34. The number of ether oxygens (including phenoxy) is 1. The van der Waals surface area contributed by atoms with Gasteiger partial charge in [0, 0.05) is 60.5 Å². The number of anilines is 1. The van der Waals surface area contributed by atoms with Gasteiger partial charge in [0.1, 0.15) is 11.8 Å². The van der Waals surface area contributed by atoms with Crippen LogP contribution >= 0.6 is 0 Å². The van der Waals surface area contributed by atoms with E-state index < -0.39 is 6.04 Å². The lowest BCUT2D eigenvalue weighted by atomic mass is 9.95. The third-order valence-electron chi connectivity index (χ3n) is 8.16. The van der Waals surface area contributed by atoms with E-state index in [9.17, 15) is 14.9 Å². The maximum Gasteiger partial charge on any atom is 0.269 e. The summed E-state index contributed by atoms with van der Waals surface area (Å²) < 4.78 is 7.38. The molecule has 12 heteroatoms. The number of aromatic nitrogens is 5. The summed E-state index contributed by atoms with van der Waals surface area (Å²) in [5.74, 6) is 1.40. The molecule has 2 aromatic heterocycles. The van der Waals surface area contributed by atoms with Crippen molar-refractivity contribution in [2.75, 3.05) is 38.2 Å². The summed E-state index contributed by atoms with van der Waals surface area (Å²) in [6, 6.07) is 14.0. The molecule has 1 N–H and O–H groups in total. The van der Waals surface area contributed by atoms with E-state index in [2.05, 4.69) is 30.3 Å². The third-order valence-corrected chi connectivity index (χ3v) is 8.16. The van der Waals surface area contributed by atoms with E-state index in [-0.39, 0.29) is 22.2 Å². The van der Waals surface area contributed by atoms with Crippen molar-refractivity contribution in [2.24, 2.45) is 0 Å². The zero-order chi connectivity index (χ0) is 27.6. The molecular weight excluding hydrogens is 512 g/mol. The van der Waals surface area contributed by atoms with Crippen LogP contribution in [0.3, 0.4) is 0 Å². The van der Waals surface area contributed by atoms with Gasteiger partial charge >= 0.3 is 0 Å². The molecular formula is C28H32N8O4. The maximum absolute atomic E-state index is 13.6. The average molecular weight is 545 g/mol. The van der Waals surface area contributed by atoms with E-state index in [0.717, 1.165) is 42.3 Å². The van der Waals surface area contributed by atoms with Gasteiger partial charge in [0.25, 0.3) is 11.2 Å². The van der Waals surface area contributed by atoms with E-state index in [4.69, 9.17) is 4.74 Å². The minimum absolute atomic E-state index is 0.0733. The van der Waals surface area contributed by atoms with Gasteiger partial charge in [-0.05, 0) is 59.7 Å². The Hall–Kier alpha value is -4.32. The summed E-state index contributed by atoms with van der Waals surface area (Å²) in [5, 5.41) is 25.0. The van der Waals surface area contributed by atoms with Crippen LogP contribution in [0.25, 0.3) is 10.9 Å². The van der Waals surface area contributed by atoms with E-state index in [1.54, 1.807) is 19.2 Å². The minimum atomic E-state index is -0.435. The highest BCUT2D eigenvalue weighted by Crippen LogP contribution is 2.34. The van der Waals surface area contributed by atoms with Crippen LogP contribution in [0.5, 0.6) is 5.75 Å². The van der Waals surface area contributed by atoms with E-state index in [1.807, 2.05) is 28.9 Å². The second-order valence-corrected chi connectivity index (χ2v) is 10.5. The average Bonchev–Trinajstić information content (AvgIpc) is 3.48. The van der Waals surface area contributed by atoms with Crippen LogP contribution in [-0.2, 0) is 0 Å². The standard InChI is InChI=1S/C28H32N8O4/c1-40-23-11-12-25-19(17-23)18-24(28(37)29-25)26(27-30-31-32-35(27)21-5-3-2-4-6-21)34-15-13-33(14-16-34)20-7-9-22(10-8-20)36(38)39/h7-12,17-18,21,26H,2-6,13-16H2,1H3,(H,29,37)/t26-/m1/s1. The number of fused-ring (bicyclic) bond motifs is 1. The minimum Gasteiger partial charge on any atom is -0.497 e. The predicted octanol–water partition coefficient (Wildman–Crippen LogP) is 3.85. The zero-order valence-corrected chi connectivity index (χ0v) is 22.4. The number of nitro benzene ring substituents is 1. The normalized spacial score (nSPS) is 17.7. The number of aromatic amines is 1. The summed E-state index contributed by atoms with van der Waals surface area (Å²) in [6.07, 6.45) is 5.53. The third kappa shape index (κ3) is 5.02. The van der Waals surface area contributed by atoms with Crippen LogP contribution in [0.1, 0.15) is 55.6 Å². The Balaban J connectivity index is 1.36. The molecule has 0 spiro atoms. The van der Waals surface area contributed by atoms with Crippen molar-refractivity contribution in [3.05, 3.63) is 80.4 Å². The second-order valence-electron chi connectivity index (χ2n) is 10.5. The fraction of sp³-hybridized carbons (Fsp3) is 0.429. The van der Waals surface area contributed by atoms with Crippen LogP contribution in [0.2, 0.25) is 0 Å². The van der Waals surface area contributed by atoms with Gasteiger partial charge in [0.15, 0.2) is 5.82 Å². The molecule has 2 aromatic carbocycles. The van der Waals surface area contributed by atoms with Crippen LogP contribution in [0.4, 0.5) is 11.4 Å². The molecule has 6 rings (SSSR count). The highest BCUT2D eigenvalue weighted by molar-refractivity contribution is 5.80. The van der Waals surface area contributed by atoms with Crippen LogP contribution in [-0.4, -0.2) is 68.3 Å². The van der Waals surface area contributed by atoms with Gasteiger partial charge in [0.05, 0.1) is 18.1 Å². The molecule has 40 heavy (non-hydrogen) atoms. The summed E-state index contributed by atoms with van der Waals surface area (Å²) in [6.45, 7) is 2.71. The van der Waals surface area contributed by atoms with Gasteiger partial charge in [-0.3, -0.25) is 19.8 Å². The number of hydrogen-bond acceptors (Lipinski definition) is 9. The van der Waals surface area contributed by atoms with Crippen molar-refractivity contribution in [3.63, 3.8) is 0 Å². The number of methoxy groups -OCH3 is 1. The number of benzene rings is 2. The molecule has 2 fully saturated rings. The van der Waals surface area contributed by atoms with Crippen LogP contribution < -0.4 is 15.2 Å². The Labute approximate surface area is 230 Å². The first-order valence-corrected chi connectivity index (χ1v) is 13.7. The van der Waals surface area contributed by atoms with Crippen molar-refractivity contribution in [1.82, 2.24) is 30.1 Å². The van der Waals surface area contributed by atoms with Gasteiger partial charge in [0.2, 0.25) is 0 Å². The van der Waals surface area contributed by atoms with Crippen molar-refractivity contribution in [2.45, 2.75) is 44.2 Å². The molecule has 0 unspecified atom stereocenters. The van der Waals surface area contributed by atoms with Gasteiger partial charge in [-0.15, -0.1) is 5.10 Å². The molecule has 4 aromatic rings. The SMILES string of the molecule is COc1ccc2[nH]c(=O)c([C@H](c3nnnn3C3CCCCC3)N3CCN(c4ccc([N+](=O)[O-])cc4)CC3)cc2c1. The smallest absolute Gasteiger partial charge is 0.269 e. The number of pyridine rings is 1. The van der Waals surface area contributed by atoms with E-state index in [0.29, 0.717) is 43.3 Å². The Bertz CT molecular complexity index is 1550. The monoisotopic (exact) mass is 544 g/mol. The first kappa shape index (κ1) is 25.9. The number of H-pyrrole nitrogens is 1. The number of non-ortho nitro benzene ring substituents is 1. The predicted molar refractivity (Wildman–Crippen MR) is 150 cm³/mol. The molecule has 1 aliphatic carbocycles. The van der Waals surface area contributed by atoms with Gasteiger partial charge in [-0.1, -0.05) is 19.3 Å². The summed E-state index contributed by atoms with van der Waals surface area (Å²) in [7, 11) is 1.62. The number of piperazine rings is 1. The first-order valence-electron chi connectivity index (χ1n) is 13.7. The van der Waals surface area contributed by atoms with Gasteiger partial charge in [-0.25, -0.2) is 4.68 Å². The van der Waals surface area contributed by atoms with Crippen molar-refractivity contribution in [3.8, 4) is 5.75 Å². The molecule has 1 saturated heterocycles. The lowest BCUT2D eigenvalue weighted by molar-refractivity contribution is -0.384. The largest absolute Gasteiger partial charge is 0.497 e. The van der Waals surface area contributed by atoms with Crippen LogP contribution in [0, 0.1) is 10.1 Å². The first-order chi connectivity index (χ1) is 19.5. The lowest BCUT2D eigenvalue weighted by Crippen LogP contribution is -2.49. The van der Waals surface area contributed by atoms with Crippen molar-refractivity contribution in [1.29, 1.82) is 0 Å². The fourth-order valence-electron chi connectivity index (χ4n) is 6.02. The van der Waals surface area contributed by atoms with E-state index in [1.165, 1.54) is 18.6 Å². The summed E-state index contributed by atoms with van der Waals surface area (Å²) >= 11 is 0. The maximum atomic E-state index is 13.6. The summed E-state index contributed by atoms with van der Waals surface area (Å²) in [5.41, 5.74) is 2.17. The molecule has 1 aliphatic heterocycles. The number of rotatable bonds is 7. The molecule has 12 nitrogen and oxygen atoms in total. The number of nitrogens with one attached hydrogen (secondary N) is 1. The molecule has 1 saturated carbocycles. The van der Waals surface area contributed by atoms with Crippen molar-refractivity contribution >= 4 is 22.3 Å². The molecule has 0 amide bonds. The number of tetrazole rings is 1. The van der Waals surface area contributed by atoms with Gasteiger partial charge in [-0.2, -0.15) is 0 Å².